The Kier molecular flexibility index (Phi) is 8.52. The first-order valence-electron chi connectivity index (χ1n) is 10.8. The number of hydrogen-bond acceptors (Lipinski definition) is 4. The van der Waals surface area contributed by atoms with Crippen molar-refractivity contribution in [3.63, 3.8) is 0 Å². The van der Waals surface area contributed by atoms with Crippen LogP contribution in [0.3, 0.4) is 0 Å². The molecule has 0 aromatic heterocycles. The van der Waals surface area contributed by atoms with Crippen molar-refractivity contribution >= 4 is 43.2 Å². The van der Waals surface area contributed by atoms with Gasteiger partial charge in [-0.25, -0.2) is 8.42 Å². The van der Waals surface area contributed by atoms with E-state index in [1.807, 2.05) is 24.3 Å². The van der Waals surface area contributed by atoms with Crippen molar-refractivity contribution < 1.29 is 13.2 Å². The second-order valence-corrected chi connectivity index (χ2v) is 10.2. The number of hydrogen-bond donors (Lipinski definition) is 1. The fourth-order valence-corrected chi connectivity index (χ4v) is 5.29. The summed E-state index contributed by atoms with van der Waals surface area (Å²) in [7, 11) is -3.92. The first-order valence-corrected chi connectivity index (χ1v) is 13.0. The Hall–Kier alpha value is -2.84. The number of benzene rings is 3. The number of carbonyl (C=O) groups is 1. The van der Waals surface area contributed by atoms with Gasteiger partial charge in [0.15, 0.2) is 0 Å². The third kappa shape index (κ3) is 6.36. The highest BCUT2D eigenvalue weighted by Crippen LogP contribution is 2.26. The molecule has 0 saturated carbocycles. The predicted molar refractivity (Wildman–Crippen MR) is 137 cm³/mol. The predicted octanol–water partition coefficient (Wildman–Crippen LogP) is 4.81. The second kappa shape index (κ2) is 11.3. The molecule has 8 heteroatoms. The maximum Gasteiger partial charge on any atom is 0.264 e. The van der Waals surface area contributed by atoms with Crippen LogP contribution in [0.4, 0.5) is 11.4 Å². The number of carbonyl (C=O) groups excluding carboxylic acids is 1. The van der Waals surface area contributed by atoms with Crippen LogP contribution in [0.5, 0.6) is 0 Å². The minimum absolute atomic E-state index is 0.129. The molecule has 3 rings (SSSR count). The summed E-state index contributed by atoms with van der Waals surface area (Å²) >= 11 is 3.38. The Bertz CT molecular complexity index is 1170. The van der Waals surface area contributed by atoms with Crippen molar-refractivity contribution in [1.82, 2.24) is 5.32 Å². The molecule has 0 saturated heterocycles. The number of halogens is 1. The molecule has 0 aliphatic rings. The van der Waals surface area contributed by atoms with E-state index in [1.165, 1.54) is 12.1 Å². The zero-order valence-corrected chi connectivity index (χ0v) is 21.1. The fraction of sp³-hybridized carbons (Fsp3) is 0.240. The Morgan fingerprint density at radius 2 is 1.55 bits per heavy atom. The van der Waals surface area contributed by atoms with E-state index in [1.54, 1.807) is 42.5 Å². The lowest BCUT2D eigenvalue weighted by Gasteiger charge is -2.24. The van der Waals surface area contributed by atoms with E-state index >= 15 is 0 Å². The molecule has 33 heavy (non-hydrogen) atoms. The average Bonchev–Trinajstić information content (AvgIpc) is 2.83. The minimum Gasteiger partial charge on any atom is -0.372 e. The van der Waals surface area contributed by atoms with Gasteiger partial charge in [0.2, 0.25) is 5.91 Å². The monoisotopic (exact) mass is 529 g/mol. The van der Waals surface area contributed by atoms with Gasteiger partial charge < -0.3 is 10.2 Å². The maximum absolute atomic E-state index is 13.3. The third-order valence-electron chi connectivity index (χ3n) is 5.27. The number of nitrogens with one attached hydrogen (secondary N) is 1. The molecule has 1 amide bonds. The fourth-order valence-electron chi connectivity index (χ4n) is 3.47. The number of nitrogens with zero attached hydrogens (tertiary/aromatic N) is 2. The molecule has 1 N–H and O–H groups in total. The van der Waals surface area contributed by atoms with Gasteiger partial charge in [-0.3, -0.25) is 9.10 Å². The summed E-state index contributed by atoms with van der Waals surface area (Å²) in [6.07, 6.45) is 0. The van der Waals surface area contributed by atoms with Gasteiger partial charge in [0.1, 0.15) is 6.54 Å². The van der Waals surface area contributed by atoms with E-state index in [4.69, 9.17) is 0 Å². The summed E-state index contributed by atoms with van der Waals surface area (Å²) in [5.41, 5.74) is 2.48. The van der Waals surface area contributed by atoms with Crippen molar-refractivity contribution in [2.75, 3.05) is 28.8 Å². The van der Waals surface area contributed by atoms with Crippen molar-refractivity contribution in [2.45, 2.75) is 25.3 Å². The molecular weight excluding hydrogens is 502 g/mol. The minimum atomic E-state index is -3.92. The lowest BCUT2D eigenvalue weighted by Crippen LogP contribution is -2.40. The summed E-state index contributed by atoms with van der Waals surface area (Å²) in [6.45, 7) is 6.05. The Labute approximate surface area is 204 Å². The zero-order chi connectivity index (χ0) is 23.8. The number of anilines is 2. The standard InChI is InChI=1S/C25H28BrN3O3S/c1-3-28(4-2)22-15-13-20(14-16-22)18-27-25(30)19-29(23-10-8-9-21(26)17-23)33(31,32)24-11-6-5-7-12-24/h5-17H,3-4,18-19H2,1-2H3,(H,27,30). The lowest BCUT2D eigenvalue weighted by atomic mass is 10.2. The van der Waals surface area contributed by atoms with Crippen molar-refractivity contribution in [1.29, 1.82) is 0 Å². The third-order valence-corrected chi connectivity index (χ3v) is 7.55. The van der Waals surface area contributed by atoms with Gasteiger partial charge >= 0.3 is 0 Å². The SMILES string of the molecule is CCN(CC)c1ccc(CNC(=O)CN(c2cccc(Br)c2)S(=O)(=O)c2ccccc2)cc1. The van der Waals surface area contributed by atoms with Crippen molar-refractivity contribution in [3.8, 4) is 0 Å². The zero-order valence-electron chi connectivity index (χ0n) is 18.7. The van der Waals surface area contributed by atoms with Crippen LogP contribution in [0.2, 0.25) is 0 Å². The van der Waals surface area contributed by atoms with E-state index in [9.17, 15) is 13.2 Å². The molecule has 3 aromatic carbocycles. The molecule has 0 unspecified atom stereocenters. The number of amides is 1. The summed E-state index contributed by atoms with van der Waals surface area (Å²) in [6, 6.07) is 23.0. The van der Waals surface area contributed by atoms with Gasteiger partial charge in [-0.2, -0.15) is 0 Å². The largest absolute Gasteiger partial charge is 0.372 e. The Morgan fingerprint density at radius 1 is 0.879 bits per heavy atom. The number of rotatable bonds is 10. The van der Waals surface area contributed by atoms with Crippen LogP contribution < -0.4 is 14.5 Å². The molecule has 0 aliphatic carbocycles. The molecule has 0 heterocycles. The van der Waals surface area contributed by atoms with Crippen LogP contribution in [0.1, 0.15) is 19.4 Å². The molecule has 3 aromatic rings. The highest BCUT2D eigenvalue weighted by atomic mass is 79.9. The molecule has 6 nitrogen and oxygen atoms in total. The topological polar surface area (TPSA) is 69.7 Å². The summed E-state index contributed by atoms with van der Waals surface area (Å²) in [5.74, 6) is -0.387. The molecule has 0 radical (unpaired) electrons. The lowest BCUT2D eigenvalue weighted by molar-refractivity contribution is -0.119. The quantitative estimate of drug-likeness (QED) is 0.409. The van der Waals surface area contributed by atoms with Crippen molar-refractivity contribution in [3.05, 3.63) is 88.9 Å². The molecular formula is C25H28BrN3O3S. The molecule has 0 bridgehead atoms. The van der Waals surface area contributed by atoms with Crippen LogP contribution in [0, 0.1) is 0 Å². The van der Waals surface area contributed by atoms with Gasteiger partial charge in [0, 0.05) is 29.8 Å². The summed E-state index contributed by atoms with van der Waals surface area (Å²) in [4.78, 5) is 15.2. The van der Waals surface area contributed by atoms with E-state index in [-0.39, 0.29) is 17.3 Å². The van der Waals surface area contributed by atoms with Crippen LogP contribution in [-0.4, -0.2) is 34.0 Å². The van der Waals surface area contributed by atoms with Crippen LogP contribution >= 0.6 is 15.9 Å². The van der Waals surface area contributed by atoms with Crippen LogP contribution in [0.15, 0.2) is 88.2 Å². The van der Waals surface area contributed by atoms with Gasteiger partial charge in [0.05, 0.1) is 10.6 Å². The normalized spacial score (nSPS) is 11.1. The molecule has 174 valence electrons. The molecule has 0 spiro atoms. The molecule has 0 aliphatic heterocycles. The van der Waals surface area contributed by atoms with Gasteiger partial charge in [-0.1, -0.05) is 52.3 Å². The highest BCUT2D eigenvalue weighted by Gasteiger charge is 2.27. The van der Waals surface area contributed by atoms with E-state index < -0.39 is 10.0 Å². The van der Waals surface area contributed by atoms with Crippen molar-refractivity contribution in [2.24, 2.45) is 0 Å². The summed E-state index contributed by atoms with van der Waals surface area (Å²) < 4.78 is 28.5. The van der Waals surface area contributed by atoms with Gasteiger partial charge in [-0.05, 0) is 61.9 Å². The summed E-state index contributed by atoms with van der Waals surface area (Å²) in [5, 5.41) is 2.84. The van der Waals surface area contributed by atoms with E-state index in [0.717, 1.165) is 33.1 Å². The number of sulfonamides is 1. The Morgan fingerprint density at radius 3 is 2.15 bits per heavy atom. The van der Waals surface area contributed by atoms with Gasteiger partial charge in [-0.15, -0.1) is 0 Å². The van der Waals surface area contributed by atoms with E-state index in [2.05, 4.69) is 40.0 Å². The highest BCUT2D eigenvalue weighted by molar-refractivity contribution is 9.10. The maximum atomic E-state index is 13.3. The first-order chi connectivity index (χ1) is 15.8. The molecule has 0 fully saturated rings. The smallest absolute Gasteiger partial charge is 0.264 e. The second-order valence-electron chi connectivity index (χ2n) is 7.42. The first kappa shape index (κ1) is 24.8. The van der Waals surface area contributed by atoms with Crippen LogP contribution in [-0.2, 0) is 21.4 Å². The van der Waals surface area contributed by atoms with Crippen LogP contribution in [0.25, 0.3) is 0 Å². The van der Waals surface area contributed by atoms with Gasteiger partial charge in [0.25, 0.3) is 10.0 Å². The average molecular weight is 530 g/mol. The van der Waals surface area contributed by atoms with E-state index in [0.29, 0.717) is 12.2 Å². The molecule has 0 atom stereocenters. The Balaban J connectivity index is 1.76.